The Balaban J connectivity index is 0.00000420. The molecule has 2 unspecified atom stereocenters. The summed E-state index contributed by atoms with van der Waals surface area (Å²) in [5.74, 6) is 0.0392. The molecule has 39 heavy (non-hydrogen) atoms. The summed E-state index contributed by atoms with van der Waals surface area (Å²) >= 11 is 1.01. The Morgan fingerprint density at radius 1 is 1.10 bits per heavy atom. The Hall–Kier alpha value is -2.53. The van der Waals surface area contributed by atoms with Crippen LogP contribution >= 0.6 is 11.8 Å². The summed E-state index contributed by atoms with van der Waals surface area (Å²) in [5, 5.41) is 10.4. The second-order valence-electron chi connectivity index (χ2n) is 9.95. The van der Waals surface area contributed by atoms with Gasteiger partial charge in [0, 0.05) is 35.1 Å². The first kappa shape index (κ1) is 31.0. The van der Waals surface area contributed by atoms with Gasteiger partial charge < -0.3 is 19.3 Å². The first-order valence-corrected chi connectivity index (χ1v) is 13.3. The van der Waals surface area contributed by atoms with E-state index in [9.17, 15) is 19.2 Å². The summed E-state index contributed by atoms with van der Waals surface area (Å²) in [4.78, 5) is 46.2. The molecule has 0 spiro atoms. The largest absolute Gasteiger partial charge is 0.489 e. The molecule has 2 atom stereocenters. The van der Waals surface area contributed by atoms with E-state index in [1.165, 1.54) is 0 Å². The molecule has 2 amide bonds. The smallest absolute Gasteiger partial charge is 0.311 e. The molecule has 203 valence electrons. The average molecular weight is 565 g/mol. The molecule has 2 aromatic rings. The van der Waals surface area contributed by atoms with E-state index < -0.39 is 22.8 Å². The van der Waals surface area contributed by atoms with Crippen LogP contribution in [0.1, 0.15) is 54.0 Å². The Kier molecular flexibility index (Phi) is 10.1. The zero-order valence-corrected chi connectivity index (χ0v) is 25.7. The number of hydrogen-bond donors (Lipinski definition) is 2. The number of rotatable bonds is 9. The third-order valence-electron chi connectivity index (χ3n) is 6.98. The van der Waals surface area contributed by atoms with Gasteiger partial charge in [-0.2, -0.15) is 0 Å². The Labute approximate surface area is 253 Å². The molecule has 1 radical (unpaired) electrons. The van der Waals surface area contributed by atoms with Crippen LogP contribution in [0.2, 0.25) is 0 Å². The SMILES string of the molecule is Cc1c(C)c2c(c(C)c1OC(=O)CCC(=O)O)CCC(C)(COc1ccc(CC3SC(=O)NC3=O)cc1)O2.[Na]. The van der Waals surface area contributed by atoms with Gasteiger partial charge in [-0.15, -0.1) is 0 Å². The number of aliphatic carboxylic acids is 1. The van der Waals surface area contributed by atoms with E-state index in [-0.39, 0.29) is 53.5 Å². The number of fused-ring (bicyclic) bond motifs is 1. The Morgan fingerprint density at radius 3 is 2.41 bits per heavy atom. The fourth-order valence-corrected chi connectivity index (χ4v) is 5.47. The molecule has 0 bridgehead atoms. The number of carbonyl (C=O) groups excluding carboxylic acids is 3. The fourth-order valence-electron chi connectivity index (χ4n) is 4.61. The predicted molar refractivity (Wildman–Crippen MR) is 147 cm³/mol. The van der Waals surface area contributed by atoms with Gasteiger partial charge in [-0.05, 0) is 81.3 Å². The van der Waals surface area contributed by atoms with Crippen molar-refractivity contribution in [1.29, 1.82) is 0 Å². The minimum atomic E-state index is -1.04. The van der Waals surface area contributed by atoms with Crippen molar-refractivity contribution in [3.05, 3.63) is 52.1 Å². The molecule has 0 aromatic heterocycles. The van der Waals surface area contributed by atoms with Crippen LogP contribution in [0.4, 0.5) is 4.79 Å². The number of carbonyl (C=O) groups is 4. The number of thioether (sulfide) groups is 1. The van der Waals surface area contributed by atoms with Crippen LogP contribution in [0.5, 0.6) is 17.2 Å². The topological polar surface area (TPSA) is 128 Å². The number of imide groups is 1. The van der Waals surface area contributed by atoms with E-state index in [0.29, 0.717) is 37.4 Å². The van der Waals surface area contributed by atoms with Gasteiger partial charge in [-0.1, -0.05) is 23.9 Å². The molecule has 2 aromatic carbocycles. The quantitative estimate of drug-likeness (QED) is 0.263. The van der Waals surface area contributed by atoms with Crippen LogP contribution in [0.25, 0.3) is 0 Å². The van der Waals surface area contributed by atoms with Gasteiger partial charge in [0.2, 0.25) is 5.91 Å². The monoisotopic (exact) mass is 564 g/mol. The second kappa shape index (κ2) is 12.8. The number of benzene rings is 2. The summed E-state index contributed by atoms with van der Waals surface area (Å²) in [7, 11) is 0. The van der Waals surface area contributed by atoms with E-state index in [1.807, 2.05) is 52.0 Å². The second-order valence-corrected chi connectivity index (χ2v) is 11.1. The molecule has 1 fully saturated rings. The molecule has 2 aliphatic heterocycles. The zero-order valence-electron chi connectivity index (χ0n) is 22.8. The standard InChI is InChI=1S/C28H31NO8S.Na/c1-15-16(2)25-20(17(3)24(15)36-23(32)10-9-22(30)31)11-12-28(4,37-25)14-35-19-7-5-18(6-8-19)13-21-26(33)29-27(34)38-21;/h5-8,21H,9-14H2,1-4H3,(H,30,31)(H,29,33,34);. The van der Waals surface area contributed by atoms with Gasteiger partial charge in [-0.3, -0.25) is 24.5 Å². The third kappa shape index (κ3) is 7.36. The van der Waals surface area contributed by atoms with Crippen molar-refractivity contribution >= 4 is 64.4 Å². The molecule has 11 heteroatoms. The van der Waals surface area contributed by atoms with E-state index in [0.717, 1.165) is 45.3 Å². The van der Waals surface area contributed by atoms with Crippen molar-refractivity contribution in [2.75, 3.05) is 6.61 Å². The molecule has 9 nitrogen and oxygen atoms in total. The average Bonchev–Trinajstić information content (AvgIpc) is 3.19. The molecule has 0 saturated carbocycles. The zero-order chi connectivity index (χ0) is 27.6. The van der Waals surface area contributed by atoms with Crippen LogP contribution in [0.3, 0.4) is 0 Å². The van der Waals surface area contributed by atoms with Gasteiger partial charge >= 0.3 is 11.9 Å². The summed E-state index contributed by atoms with van der Waals surface area (Å²) in [6, 6.07) is 7.47. The maximum Gasteiger partial charge on any atom is 0.311 e. The number of hydrogen-bond acceptors (Lipinski definition) is 8. The van der Waals surface area contributed by atoms with Crippen LogP contribution in [-0.2, 0) is 27.2 Å². The van der Waals surface area contributed by atoms with Crippen molar-refractivity contribution in [2.24, 2.45) is 0 Å². The van der Waals surface area contributed by atoms with Gasteiger partial charge in [0.1, 0.15) is 29.5 Å². The number of amides is 2. The van der Waals surface area contributed by atoms with Crippen LogP contribution in [-0.4, -0.2) is 75.2 Å². The predicted octanol–water partition coefficient (Wildman–Crippen LogP) is 4.06. The van der Waals surface area contributed by atoms with E-state index in [2.05, 4.69) is 5.32 Å². The Bertz CT molecular complexity index is 1300. The van der Waals surface area contributed by atoms with E-state index in [4.69, 9.17) is 19.3 Å². The molecule has 1 saturated heterocycles. The van der Waals surface area contributed by atoms with E-state index >= 15 is 0 Å². The van der Waals surface area contributed by atoms with Crippen LogP contribution in [0, 0.1) is 20.8 Å². The first-order valence-electron chi connectivity index (χ1n) is 12.4. The van der Waals surface area contributed by atoms with Gasteiger partial charge in [0.05, 0.1) is 18.1 Å². The van der Waals surface area contributed by atoms with Gasteiger partial charge in [0.25, 0.3) is 5.24 Å². The number of carboxylic acids is 1. The summed E-state index contributed by atoms with van der Waals surface area (Å²) < 4.78 is 18.1. The summed E-state index contributed by atoms with van der Waals surface area (Å²) in [6.07, 6.45) is 1.40. The van der Waals surface area contributed by atoms with Crippen molar-refractivity contribution in [2.45, 2.75) is 70.7 Å². The number of ether oxygens (including phenoxy) is 3. The van der Waals surface area contributed by atoms with Crippen LogP contribution < -0.4 is 19.5 Å². The molecular formula is C28H31NNaO8S. The molecule has 0 aliphatic carbocycles. The minimum absolute atomic E-state index is 0. The first-order chi connectivity index (χ1) is 18.0. The normalized spacial score (nSPS) is 19.8. The molecule has 4 rings (SSSR count). The van der Waals surface area contributed by atoms with Crippen LogP contribution in [0.15, 0.2) is 24.3 Å². The maximum atomic E-state index is 12.2. The minimum Gasteiger partial charge on any atom is -0.489 e. The summed E-state index contributed by atoms with van der Waals surface area (Å²) in [6.45, 7) is 7.99. The summed E-state index contributed by atoms with van der Waals surface area (Å²) in [5.41, 5.74) is 3.81. The van der Waals surface area contributed by atoms with Crippen molar-refractivity contribution in [3.8, 4) is 17.2 Å². The van der Waals surface area contributed by atoms with Gasteiger partial charge in [0.15, 0.2) is 0 Å². The van der Waals surface area contributed by atoms with Crippen molar-refractivity contribution < 1.29 is 38.5 Å². The van der Waals surface area contributed by atoms with E-state index in [1.54, 1.807) is 0 Å². The Morgan fingerprint density at radius 2 is 1.79 bits per heavy atom. The van der Waals surface area contributed by atoms with Gasteiger partial charge in [-0.25, -0.2) is 0 Å². The molecule has 2 aliphatic rings. The molecular weight excluding hydrogens is 533 g/mol. The van der Waals surface area contributed by atoms with Crippen molar-refractivity contribution in [1.82, 2.24) is 5.32 Å². The third-order valence-corrected chi connectivity index (χ3v) is 7.96. The molecule has 2 N–H and O–H groups in total. The fraction of sp³-hybridized carbons (Fsp3) is 0.429. The number of nitrogens with one attached hydrogen (secondary N) is 1. The van der Waals surface area contributed by atoms with Crippen molar-refractivity contribution in [3.63, 3.8) is 0 Å². The number of carboxylic acid groups (broad SMARTS) is 1. The molecule has 2 heterocycles. The maximum absolute atomic E-state index is 12.2. The number of esters is 1.